The van der Waals surface area contributed by atoms with E-state index in [0.717, 1.165) is 5.56 Å². The summed E-state index contributed by atoms with van der Waals surface area (Å²) in [5.74, 6) is -1.35. The minimum absolute atomic E-state index is 0.0690. The van der Waals surface area contributed by atoms with Gasteiger partial charge in [0.2, 0.25) is 0 Å². The second-order valence-electron chi connectivity index (χ2n) is 4.49. The molecule has 0 saturated carbocycles. The Morgan fingerprint density at radius 3 is 2.63 bits per heavy atom. The van der Waals surface area contributed by atoms with Crippen LogP contribution in [-0.4, -0.2) is 21.3 Å². The van der Waals surface area contributed by atoms with Gasteiger partial charge >= 0.3 is 5.97 Å². The van der Waals surface area contributed by atoms with Crippen molar-refractivity contribution in [2.45, 2.75) is 19.8 Å². The van der Waals surface area contributed by atoms with E-state index in [0.29, 0.717) is 4.47 Å². The summed E-state index contributed by atoms with van der Waals surface area (Å²) in [6.45, 7) is 3.99. The van der Waals surface area contributed by atoms with Crippen molar-refractivity contribution in [1.29, 1.82) is 0 Å². The smallest absolute Gasteiger partial charge is 0.353 e. The predicted molar refractivity (Wildman–Crippen MR) is 72.7 cm³/mol. The molecular weight excluding hydrogens is 315 g/mol. The van der Waals surface area contributed by atoms with Crippen LogP contribution in [0.5, 0.6) is 0 Å². The number of H-pyrrole nitrogens is 1. The van der Waals surface area contributed by atoms with Crippen molar-refractivity contribution in [1.82, 2.24) is 10.2 Å². The molecule has 0 aliphatic carbocycles. The maximum atomic E-state index is 14.1. The summed E-state index contributed by atoms with van der Waals surface area (Å²) >= 11 is 3.17. The predicted octanol–water partition coefficient (Wildman–Crippen LogP) is 3.80. The number of carbonyl (C=O) groups is 1. The van der Waals surface area contributed by atoms with E-state index in [1.54, 1.807) is 12.1 Å². The Morgan fingerprint density at radius 2 is 2.11 bits per heavy atom. The van der Waals surface area contributed by atoms with Crippen LogP contribution in [0.2, 0.25) is 0 Å². The molecule has 0 aliphatic rings. The lowest BCUT2D eigenvalue weighted by molar-refractivity contribution is 0.0690. The molecule has 1 aromatic carbocycles. The van der Waals surface area contributed by atoms with E-state index in [2.05, 4.69) is 26.1 Å². The van der Waals surface area contributed by atoms with Crippen LogP contribution in [0, 0.1) is 5.82 Å². The lowest BCUT2D eigenvalue weighted by atomic mass is 9.99. The van der Waals surface area contributed by atoms with Crippen LogP contribution in [-0.2, 0) is 0 Å². The number of aromatic amines is 1. The Hall–Kier alpha value is -1.69. The molecule has 4 nitrogen and oxygen atoms in total. The van der Waals surface area contributed by atoms with E-state index < -0.39 is 11.8 Å². The molecular formula is C13H12BrFN2O2. The number of hydrogen-bond donors (Lipinski definition) is 2. The third-order valence-corrected chi connectivity index (χ3v) is 3.38. The minimum Gasteiger partial charge on any atom is -0.477 e. The number of hydrogen-bond acceptors (Lipinski definition) is 2. The van der Waals surface area contributed by atoms with Gasteiger partial charge in [-0.3, -0.25) is 5.10 Å². The molecule has 2 N–H and O–H groups in total. The fraction of sp³-hybridized carbons (Fsp3) is 0.231. The Kier molecular flexibility index (Phi) is 3.71. The highest BCUT2D eigenvalue weighted by atomic mass is 79.9. The molecule has 100 valence electrons. The quantitative estimate of drug-likeness (QED) is 0.901. The summed E-state index contributed by atoms with van der Waals surface area (Å²) in [5.41, 5.74) is 1.43. The van der Waals surface area contributed by atoms with E-state index in [1.165, 1.54) is 6.07 Å². The molecule has 0 unspecified atom stereocenters. The van der Waals surface area contributed by atoms with Gasteiger partial charge in [-0.05, 0) is 45.6 Å². The third-order valence-electron chi connectivity index (χ3n) is 2.80. The largest absolute Gasteiger partial charge is 0.477 e. The van der Waals surface area contributed by atoms with Crippen molar-refractivity contribution in [2.75, 3.05) is 0 Å². The zero-order valence-electron chi connectivity index (χ0n) is 10.4. The lowest BCUT2D eigenvalue weighted by Crippen LogP contribution is -1.95. The maximum absolute atomic E-state index is 14.1. The average Bonchev–Trinajstić information content (AvgIpc) is 2.81. The van der Waals surface area contributed by atoms with Crippen LogP contribution >= 0.6 is 15.9 Å². The van der Waals surface area contributed by atoms with Crippen LogP contribution in [0.25, 0.3) is 11.3 Å². The average molecular weight is 327 g/mol. The van der Waals surface area contributed by atoms with Crippen LogP contribution < -0.4 is 0 Å². The molecule has 0 aliphatic heterocycles. The number of carboxylic acids is 1. The molecule has 1 aromatic heterocycles. The maximum Gasteiger partial charge on any atom is 0.353 e. The first-order valence-corrected chi connectivity index (χ1v) is 6.47. The fourth-order valence-corrected chi connectivity index (χ4v) is 2.18. The Labute approximate surface area is 117 Å². The van der Waals surface area contributed by atoms with Crippen LogP contribution in [0.4, 0.5) is 4.39 Å². The summed E-state index contributed by atoms with van der Waals surface area (Å²) < 4.78 is 14.4. The van der Waals surface area contributed by atoms with Crippen molar-refractivity contribution < 1.29 is 14.3 Å². The van der Waals surface area contributed by atoms with Gasteiger partial charge < -0.3 is 5.11 Å². The van der Waals surface area contributed by atoms with E-state index in [-0.39, 0.29) is 22.9 Å². The Balaban J connectivity index is 2.56. The van der Waals surface area contributed by atoms with Crippen LogP contribution in [0.15, 0.2) is 22.7 Å². The molecule has 0 radical (unpaired) electrons. The van der Waals surface area contributed by atoms with Crippen molar-refractivity contribution in [3.8, 4) is 11.3 Å². The van der Waals surface area contributed by atoms with Crippen LogP contribution in [0.3, 0.4) is 0 Å². The van der Waals surface area contributed by atoms with Gasteiger partial charge in [-0.2, -0.15) is 5.10 Å². The van der Waals surface area contributed by atoms with Gasteiger partial charge in [0.05, 0.1) is 10.2 Å². The first-order valence-electron chi connectivity index (χ1n) is 5.68. The molecule has 0 bridgehead atoms. The number of benzene rings is 1. The summed E-state index contributed by atoms with van der Waals surface area (Å²) in [6, 6.07) is 4.72. The van der Waals surface area contributed by atoms with E-state index in [9.17, 15) is 9.18 Å². The minimum atomic E-state index is -1.13. The van der Waals surface area contributed by atoms with Gasteiger partial charge in [0.15, 0.2) is 0 Å². The second-order valence-corrected chi connectivity index (χ2v) is 5.35. The highest BCUT2D eigenvalue weighted by Crippen LogP contribution is 2.31. The highest BCUT2D eigenvalue weighted by Gasteiger charge is 2.16. The molecule has 0 spiro atoms. The number of aromatic nitrogens is 2. The zero-order chi connectivity index (χ0) is 14.2. The fourth-order valence-electron chi connectivity index (χ4n) is 1.70. The van der Waals surface area contributed by atoms with Crippen molar-refractivity contribution in [3.63, 3.8) is 0 Å². The Bertz CT molecular complexity index is 638. The van der Waals surface area contributed by atoms with Gasteiger partial charge in [-0.1, -0.05) is 13.8 Å². The summed E-state index contributed by atoms with van der Waals surface area (Å²) in [7, 11) is 0. The lowest BCUT2D eigenvalue weighted by Gasteiger charge is -2.09. The monoisotopic (exact) mass is 326 g/mol. The first-order chi connectivity index (χ1) is 8.90. The molecule has 19 heavy (non-hydrogen) atoms. The van der Waals surface area contributed by atoms with E-state index in [4.69, 9.17) is 5.11 Å². The summed E-state index contributed by atoms with van der Waals surface area (Å²) in [6.07, 6.45) is 0. The van der Waals surface area contributed by atoms with Gasteiger partial charge in [0, 0.05) is 5.56 Å². The number of nitrogens with zero attached hydrogens (tertiary/aromatic N) is 1. The number of halogens is 2. The second kappa shape index (κ2) is 5.13. The van der Waals surface area contributed by atoms with Crippen molar-refractivity contribution >= 4 is 21.9 Å². The number of aromatic carboxylic acids is 1. The highest BCUT2D eigenvalue weighted by molar-refractivity contribution is 9.10. The van der Waals surface area contributed by atoms with E-state index in [1.807, 2.05) is 13.8 Å². The standard InChI is InChI=1S/C13H12BrFN2O2/c1-6(2)7-3-8(12(15)9(14)4-7)10-5-11(13(18)19)17-16-10/h3-6H,1-2H3,(H,16,17)(H,18,19). The molecule has 6 heteroatoms. The van der Waals surface area contributed by atoms with Crippen LogP contribution in [0.1, 0.15) is 35.8 Å². The zero-order valence-corrected chi connectivity index (χ0v) is 12.0. The molecule has 0 atom stereocenters. The molecule has 1 heterocycles. The van der Waals surface area contributed by atoms with Crippen molar-refractivity contribution in [2.24, 2.45) is 0 Å². The number of rotatable bonds is 3. The first kappa shape index (κ1) is 13.7. The third kappa shape index (κ3) is 2.68. The normalized spacial score (nSPS) is 11.0. The molecule has 0 amide bonds. The molecule has 2 rings (SSSR count). The number of carboxylic acid groups (broad SMARTS) is 1. The van der Waals surface area contributed by atoms with Gasteiger partial charge in [0.25, 0.3) is 0 Å². The SMILES string of the molecule is CC(C)c1cc(Br)c(F)c(-c2cc(C(=O)O)[nH]n2)c1. The summed E-state index contributed by atoms with van der Waals surface area (Å²) in [4.78, 5) is 10.8. The van der Waals surface area contributed by atoms with Crippen molar-refractivity contribution in [3.05, 3.63) is 39.7 Å². The molecule has 0 fully saturated rings. The van der Waals surface area contributed by atoms with Gasteiger partial charge in [-0.15, -0.1) is 0 Å². The van der Waals surface area contributed by atoms with E-state index >= 15 is 0 Å². The summed E-state index contributed by atoms with van der Waals surface area (Å²) in [5, 5.41) is 15.0. The molecule has 2 aromatic rings. The molecule has 0 saturated heterocycles. The topological polar surface area (TPSA) is 66.0 Å². The number of nitrogens with one attached hydrogen (secondary N) is 1. The van der Waals surface area contributed by atoms with Gasteiger partial charge in [-0.25, -0.2) is 9.18 Å². The van der Waals surface area contributed by atoms with Gasteiger partial charge in [0.1, 0.15) is 11.5 Å². The Morgan fingerprint density at radius 1 is 1.42 bits per heavy atom.